The van der Waals surface area contributed by atoms with Gasteiger partial charge in [-0.1, -0.05) is 12.1 Å². The van der Waals surface area contributed by atoms with Gasteiger partial charge in [0.05, 0.1) is 39.1 Å². The normalized spacial score (nSPS) is 10.6. The fraction of sp³-hybridized carbons (Fsp3) is 0.259. The summed E-state index contributed by atoms with van der Waals surface area (Å²) in [6.45, 7) is 3.63. The van der Waals surface area contributed by atoms with Crippen LogP contribution in [0, 0.1) is 5.82 Å². The maximum absolute atomic E-state index is 13.5. The molecule has 0 bridgehead atoms. The van der Waals surface area contributed by atoms with Crippen LogP contribution in [0.4, 0.5) is 15.8 Å². The number of rotatable bonds is 5. The molecule has 0 saturated heterocycles. The summed E-state index contributed by atoms with van der Waals surface area (Å²) in [6, 6.07) is 8.81. The van der Waals surface area contributed by atoms with Gasteiger partial charge in [-0.05, 0) is 63.9 Å². The highest BCUT2D eigenvalue weighted by atomic mass is 79.9. The molecule has 7 nitrogen and oxygen atoms in total. The standard InChI is InChI=1S/C14H15BrN2O2.C13H12BrFN2O/c1-4-19-14(18)10-8-16-12-9(13(10)17(2)3)6-5-7-11(12)15;1-7(18)9-6-16-12-8(13(9)17(2)3)4-5-10(15)11(12)14/h5-8H,4H2,1-3H3;4-6H,1-3H3. The first-order valence-corrected chi connectivity index (χ1v) is 12.9. The van der Waals surface area contributed by atoms with Crippen LogP contribution in [0.3, 0.4) is 0 Å². The molecule has 0 radical (unpaired) electrons. The number of nitrogens with zero attached hydrogens (tertiary/aromatic N) is 4. The van der Waals surface area contributed by atoms with E-state index in [2.05, 4.69) is 41.8 Å². The fourth-order valence-corrected chi connectivity index (χ4v) is 4.86. The molecular weight excluding hydrogens is 607 g/mol. The second kappa shape index (κ2) is 12.0. The number of esters is 1. The molecule has 2 aromatic carbocycles. The van der Waals surface area contributed by atoms with E-state index in [4.69, 9.17) is 4.74 Å². The molecule has 0 aliphatic rings. The van der Waals surface area contributed by atoms with Crippen molar-refractivity contribution in [2.45, 2.75) is 13.8 Å². The minimum absolute atomic E-state index is 0.0615. The molecule has 194 valence electrons. The number of halogens is 3. The van der Waals surface area contributed by atoms with Gasteiger partial charge in [-0.15, -0.1) is 0 Å². The zero-order chi connectivity index (χ0) is 27.4. The quantitative estimate of drug-likeness (QED) is 0.180. The van der Waals surface area contributed by atoms with Crippen molar-refractivity contribution in [2.24, 2.45) is 0 Å². The number of ketones is 1. The second-order valence-electron chi connectivity index (χ2n) is 8.50. The van der Waals surface area contributed by atoms with Crippen LogP contribution in [0.25, 0.3) is 21.8 Å². The monoisotopic (exact) mass is 632 g/mol. The number of benzene rings is 2. The van der Waals surface area contributed by atoms with Crippen molar-refractivity contribution >= 4 is 76.8 Å². The van der Waals surface area contributed by atoms with Crippen molar-refractivity contribution in [3.05, 3.63) is 68.6 Å². The molecular formula is C27H27Br2FN4O3. The van der Waals surface area contributed by atoms with Gasteiger partial charge in [-0.3, -0.25) is 14.8 Å². The number of ether oxygens (including phenoxy) is 1. The van der Waals surface area contributed by atoms with E-state index in [9.17, 15) is 14.0 Å². The van der Waals surface area contributed by atoms with Crippen LogP contribution in [0.2, 0.25) is 0 Å². The zero-order valence-electron chi connectivity index (χ0n) is 21.4. The van der Waals surface area contributed by atoms with Crippen molar-refractivity contribution in [3.8, 4) is 0 Å². The summed E-state index contributed by atoms with van der Waals surface area (Å²) in [7, 11) is 7.49. The highest BCUT2D eigenvalue weighted by Crippen LogP contribution is 2.34. The first-order valence-electron chi connectivity index (χ1n) is 11.4. The lowest BCUT2D eigenvalue weighted by molar-refractivity contribution is 0.0526. The van der Waals surface area contributed by atoms with E-state index >= 15 is 0 Å². The van der Waals surface area contributed by atoms with Crippen molar-refractivity contribution in [1.29, 1.82) is 0 Å². The van der Waals surface area contributed by atoms with Crippen LogP contribution in [0.1, 0.15) is 34.6 Å². The van der Waals surface area contributed by atoms with E-state index in [0.717, 1.165) is 32.1 Å². The number of hydrogen-bond acceptors (Lipinski definition) is 7. The second-order valence-corrected chi connectivity index (χ2v) is 10.1. The Hall–Kier alpha value is -3.11. The third-order valence-electron chi connectivity index (χ3n) is 5.49. The molecule has 37 heavy (non-hydrogen) atoms. The molecule has 0 amide bonds. The molecule has 0 fully saturated rings. The number of anilines is 2. The van der Waals surface area contributed by atoms with Crippen molar-refractivity contribution in [1.82, 2.24) is 9.97 Å². The first-order chi connectivity index (χ1) is 17.5. The molecule has 4 aromatic rings. The molecule has 10 heteroatoms. The smallest absolute Gasteiger partial charge is 0.341 e. The first kappa shape index (κ1) is 28.5. The van der Waals surface area contributed by atoms with Crippen LogP contribution in [-0.4, -0.2) is 56.5 Å². The van der Waals surface area contributed by atoms with E-state index in [1.165, 1.54) is 19.2 Å². The maximum Gasteiger partial charge on any atom is 0.341 e. The summed E-state index contributed by atoms with van der Waals surface area (Å²) in [4.78, 5) is 35.9. The Morgan fingerprint density at radius 1 is 0.892 bits per heavy atom. The average molecular weight is 634 g/mol. The summed E-state index contributed by atoms with van der Waals surface area (Å²) in [5.74, 6) is -0.774. The lowest BCUT2D eigenvalue weighted by atomic mass is 10.1. The third kappa shape index (κ3) is 5.91. The van der Waals surface area contributed by atoms with Crippen LogP contribution in [0.15, 0.2) is 51.7 Å². The van der Waals surface area contributed by atoms with Gasteiger partial charge in [0.15, 0.2) is 5.78 Å². The summed E-state index contributed by atoms with van der Waals surface area (Å²) >= 11 is 6.66. The number of para-hydroxylation sites is 1. The number of aromatic nitrogens is 2. The Kier molecular flexibility index (Phi) is 9.20. The number of carbonyl (C=O) groups excluding carboxylic acids is 2. The maximum atomic E-state index is 13.5. The minimum Gasteiger partial charge on any atom is -0.462 e. The van der Waals surface area contributed by atoms with Crippen LogP contribution >= 0.6 is 31.9 Å². The molecule has 0 aliphatic carbocycles. The lowest BCUT2D eigenvalue weighted by Gasteiger charge is -2.19. The summed E-state index contributed by atoms with van der Waals surface area (Å²) in [5.41, 5.74) is 3.95. The van der Waals surface area contributed by atoms with Crippen LogP contribution in [-0.2, 0) is 4.74 Å². The molecule has 4 rings (SSSR count). The summed E-state index contributed by atoms with van der Waals surface area (Å²) in [6.07, 6.45) is 3.06. The van der Waals surface area contributed by atoms with Gasteiger partial charge in [0.2, 0.25) is 0 Å². The molecule has 0 spiro atoms. The Bertz CT molecular complexity index is 1490. The largest absolute Gasteiger partial charge is 0.462 e. The molecule has 0 atom stereocenters. The van der Waals surface area contributed by atoms with Crippen molar-refractivity contribution < 1.29 is 18.7 Å². The Labute approximate surface area is 231 Å². The highest BCUT2D eigenvalue weighted by Gasteiger charge is 2.19. The number of carbonyl (C=O) groups is 2. The molecule has 2 heterocycles. The van der Waals surface area contributed by atoms with Gasteiger partial charge in [-0.2, -0.15) is 0 Å². The van der Waals surface area contributed by atoms with Gasteiger partial charge in [0, 0.05) is 55.8 Å². The Balaban J connectivity index is 0.000000206. The van der Waals surface area contributed by atoms with E-state index in [1.807, 2.05) is 56.2 Å². The fourth-order valence-electron chi connectivity index (χ4n) is 3.95. The van der Waals surface area contributed by atoms with E-state index < -0.39 is 0 Å². The van der Waals surface area contributed by atoms with Gasteiger partial charge < -0.3 is 14.5 Å². The van der Waals surface area contributed by atoms with E-state index in [1.54, 1.807) is 19.2 Å². The van der Waals surface area contributed by atoms with E-state index in [-0.39, 0.29) is 17.6 Å². The lowest BCUT2D eigenvalue weighted by Crippen LogP contribution is -2.16. The Morgan fingerprint density at radius 2 is 1.46 bits per heavy atom. The SMILES string of the molecule is CC(=O)c1cnc2c(Br)c(F)ccc2c1N(C)C.CCOC(=O)c1cnc2c(Br)cccc2c1N(C)C. The molecule has 0 aliphatic heterocycles. The van der Waals surface area contributed by atoms with Gasteiger partial charge in [0.25, 0.3) is 0 Å². The number of fused-ring (bicyclic) bond motifs is 2. The molecule has 0 saturated carbocycles. The summed E-state index contributed by atoms with van der Waals surface area (Å²) in [5, 5.41) is 1.67. The Morgan fingerprint density at radius 3 is 2.05 bits per heavy atom. The van der Waals surface area contributed by atoms with Crippen LogP contribution < -0.4 is 9.80 Å². The van der Waals surface area contributed by atoms with E-state index in [0.29, 0.717) is 27.7 Å². The summed E-state index contributed by atoms with van der Waals surface area (Å²) < 4.78 is 19.8. The average Bonchev–Trinajstić information content (AvgIpc) is 2.85. The van der Waals surface area contributed by atoms with Crippen LogP contribution in [0.5, 0.6) is 0 Å². The minimum atomic E-state index is -0.365. The van der Waals surface area contributed by atoms with Gasteiger partial charge in [0.1, 0.15) is 11.4 Å². The van der Waals surface area contributed by atoms with Gasteiger partial charge in [-0.25, -0.2) is 9.18 Å². The highest BCUT2D eigenvalue weighted by molar-refractivity contribution is 9.11. The third-order valence-corrected chi connectivity index (χ3v) is 6.89. The number of hydrogen-bond donors (Lipinski definition) is 0. The van der Waals surface area contributed by atoms with Crippen molar-refractivity contribution in [3.63, 3.8) is 0 Å². The predicted molar refractivity (Wildman–Crippen MR) is 153 cm³/mol. The van der Waals surface area contributed by atoms with Gasteiger partial charge >= 0.3 is 5.97 Å². The number of pyridine rings is 2. The number of Topliss-reactive ketones (excluding diaryl/α,β-unsaturated/α-hetero) is 1. The molecule has 2 aromatic heterocycles. The predicted octanol–water partition coefficient (Wildman–Crippen LogP) is 6.65. The topological polar surface area (TPSA) is 75.6 Å². The van der Waals surface area contributed by atoms with Crippen molar-refractivity contribution in [2.75, 3.05) is 44.6 Å². The molecule has 0 unspecified atom stereocenters. The zero-order valence-corrected chi connectivity index (χ0v) is 24.6. The molecule has 0 N–H and O–H groups in total.